The van der Waals surface area contributed by atoms with Gasteiger partial charge in [0.05, 0.1) is 16.8 Å². The van der Waals surface area contributed by atoms with Crippen LogP contribution in [0.1, 0.15) is 22.3 Å². The van der Waals surface area contributed by atoms with Crippen molar-refractivity contribution in [3.05, 3.63) is 295 Å². The summed E-state index contributed by atoms with van der Waals surface area (Å²) in [7, 11) is 0. The maximum absolute atomic E-state index is 2.52. The van der Waals surface area contributed by atoms with Gasteiger partial charge < -0.3 is 4.90 Å². The molecule has 1 nitrogen and oxygen atoms in total. The van der Waals surface area contributed by atoms with Gasteiger partial charge in [0, 0.05) is 16.8 Å². The molecular formula is C65H45N. The summed E-state index contributed by atoms with van der Waals surface area (Å²) < 4.78 is 0. The normalized spacial score (nSPS) is 12.4. The van der Waals surface area contributed by atoms with Gasteiger partial charge in [0.25, 0.3) is 0 Å². The predicted molar refractivity (Wildman–Crippen MR) is 278 cm³/mol. The van der Waals surface area contributed by atoms with Gasteiger partial charge in [-0.15, -0.1) is 0 Å². The number of hydrogen-bond acceptors (Lipinski definition) is 1. The van der Waals surface area contributed by atoms with Crippen molar-refractivity contribution in [1.82, 2.24) is 0 Å². The number of anilines is 3. The van der Waals surface area contributed by atoms with Gasteiger partial charge in [0.1, 0.15) is 0 Å². The van der Waals surface area contributed by atoms with E-state index in [1.807, 2.05) is 0 Å². The van der Waals surface area contributed by atoms with Gasteiger partial charge in [-0.05, 0) is 114 Å². The largest absolute Gasteiger partial charge is 0.309 e. The van der Waals surface area contributed by atoms with Gasteiger partial charge in [0.15, 0.2) is 0 Å². The van der Waals surface area contributed by atoms with Crippen molar-refractivity contribution in [3.63, 3.8) is 0 Å². The minimum Gasteiger partial charge on any atom is -0.309 e. The fraction of sp³-hybridized carbons (Fsp3) is 0.0154. The first-order valence-corrected chi connectivity index (χ1v) is 22.8. The molecule has 0 heterocycles. The average molecular weight is 840 g/mol. The zero-order valence-electron chi connectivity index (χ0n) is 36.4. The van der Waals surface area contributed by atoms with Crippen molar-refractivity contribution in [2.45, 2.75) is 5.41 Å². The second kappa shape index (κ2) is 16.6. The summed E-state index contributed by atoms with van der Waals surface area (Å²) in [6, 6.07) is 100. The first-order valence-electron chi connectivity index (χ1n) is 22.8. The highest BCUT2D eigenvalue weighted by atomic mass is 15.1. The van der Waals surface area contributed by atoms with Gasteiger partial charge in [-0.1, -0.05) is 237 Å². The molecule has 310 valence electrons. The minimum absolute atomic E-state index is 0.538. The van der Waals surface area contributed by atoms with Crippen LogP contribution < -0.4 is 4.90 Å². The molecule has 11 aromatic rings. The Morgan fingerprint density at radius 3 is 1.47 bits per heavy atom. The molecule has 0 unspecified atom stereocenters. The van der Waals surface area contributed by atoms with E-state index in [0.29, 0.717) is 0 Å². The Morgan fingerprint density at radius 2 is 0.727 bits per heavy atom. The third-order valence-corrected chi connectivity index (χ3v) is 13.5. The van der Waals surface area contributed by atoms with Crippen molar-refractivity contribution >= 4 is 27.8 Å². The van der Waals surface area contributed by atoms with Gasteiger partial charge in [-0.3, -0.25) is 0 Å². The fourth-order valence-electron chi connectivity index (χ4n) is 10.6. The molecule has 0 amide bonds. The van der Waals surface area contributed by atoms with Gasteiger partial charge >= 0.3 is 0 Å². The van der Waals surface area contributed by atoms with Crippen molar-refractivity contribution in [2.75, 3.05) is 4.90 Å². The highest BCUT2D eigenvalue weighted by molar-refractivity contribution is 6.01. The molecule has 1 aliphatic carbocycles. The monoisotopic (exact) mass is 839 g/mol. The molecule has 12 rings (SSSR count). The molecule has 0 atom stereocenters. The summed E-state index contributed by atoms with van der Waals surface area (Å²) in [5.74, 6) is 0. The van der Waals surface area contributed by atoms with Crippen LogP contribution in [0.25, 0.3) is 66.4 Å². The maximum Gasteiger partial charge on any atom is 0.0714 e. The van der Waals surface area contributed by atoms with E-state index in [1.165, 1.54) is 72.0 Å². The number of fused-ring (bicyclic) bond motifs is 4. The first-order chi connectivity index (χ1) is 32.8. The molecule has 0 saturated carbocycles. The molecule has 0 N–H and O–H groups in total. The third-order valence-electron chi connectivity index (χ3n) is 13.5. The van der Waals surface area contributed by atoms with Crippen LogP contribution in [0.3, 0.4) is 0 Å². The molecule has 0 spiro atoms. The highest BCUT2D eigenvalue weighted by Gasteiger charge is 2.47. The average Bonchev–Trinajstić information content (AvgIpc) is 3.71. The molecule has 11 aromatic carbocycles. The quantitative estimate of drug-likeness (QED) is 0.140. The van der Waals surface area contributed by atoms with Crippen molar-refractivity contribution in [3.8, 4) is 55.6 Å². The van der Waals surface area contributed by atoms with Crippen LogP contribution in [0.15, 0.2) is 273 Å². The first kappa shape index (κ1) is 39.1. The Hall–Kier alpha value is -8.52. The van der Waals surface area contributed by atoms with Crippen LogP contribution in [0.5, 0.6) is 0 Å². The Balaban J connectivity index is 1.10. The van der Waals surface area contributed by atoms with E-state index in [9.17, 15) is 0 Å². The third kappa shape index (κ3) is 6.56. The van der Waals surface area contributed by atoms with Crippen molar-refractivity contribution in [1.29, 1.82) is 0 Å². The van der Waals surface area contributed by atoms with Gasteiger partial charge in [0.2, 0.25) is 0 Å². The molecule has 1 heteroatoms. The fourth-order valence-corrected chi connectivity index (χ4v) is 10.6. The molecule has 1 aliphatic rings. The zero-order chi connectivity index (χ0) is 43.9. The van der Waals surface area contributed by atoms with E-state index < -0.39 is 5.41 Å². The van der Waals surface area contributed by atoms with Crippen LogP contribution in [-0.4, -0.2) is 0 Å². The Morgan fingerprint density at radius 1 is 0.273 bits per heavy atom. The van der Waals surface area contributed by atoms with E-state index in [4.69, 9.17) is 0 Å². The Labute approximate surface area is 387 Å². The van der Waals surface area contributed by atoms with Crippen LogP contribution in [-0.2, 0) is 5.41 Å². The molecule has 0 saturated heterocycles. The summed E-state index contributed by atoms with van der Waals surface area (Å²) >= 11 is 0. The predicted octanol–water partition coefficient (Wildman–Crippen LogP) is 17.3. The number of hydrogen-bond donors (Lipinski definition) is 0. The number of para-hydroxylation sites is 1. The molecule has 66 heavy (non-hydrogen) atoms. The lowest BCUT2D eigenvalue weighted by Crippen LogP contribution is -2.28. The number of nitrogens with zero attached hydrogens (tertiary/aromatic N) is 1. The summed E-state index contributed by atoms with van der Waals surface area (Å²) in [4.78, 5) is 2.52. The van der Waals surface area contributed by atoms with Crippen LogP contribution in [0, 0.1) is 0 Å². The summed E-state index contributed by atoms with van der Waals surface area (Å²) in [6.07, 6.45) is 0. The molecule has 0 aliphatic heterocycles. The van der Waals surface area contributed by atoms with E-state index in [1.54, 1.807) is 0 Å². The lowest BCUT2D eigenvalue weighted by molar-refractivity contribution is 0.768. The minimum atomic E-state index is -0.538. The second-order valence-corrected chi connectivity index (χ2v) is 17.2. The summed E-state index contributed by atoms with van der Waals surface area (Å²) in [5, 5.41) is 2.50. The van der Waals surface area contributed by atoms with E-state index in [0.717, 1.165) is 33.8 Å². The second-order valence-electron chi connectivity index (χ2n) is 17.2. The van der Waals surface area contributed by atoms with E-state index in [2.05, 4.69) is 278 Å². The molecule has 0 fully saturated rings. The van der Waals surface area contributed by atoms with Crippen LogP contribution in [0.2, 0.25) is 0 Å². The number of rotatable bonds is 9. The topological polar surface area (TPSA) is 3.24 Å². The lowest BCUT2D eigenvalue weighted by atomic mass is 9.68. The van der Waals surface area contributed by atoms with Gasteiger partial charge in [-0.2, -0.15) is 0 Å². The van der Waals surface area contributed by atoms with Crippen LogP contribution >= 0.6 is 0 Å². The van der Waals surface area contributed by atoms with E-state index in [-0.39, 0.29) is 0 Å². The van der Waals surface area contributed by atoms with Crippen LogP contribution in [0.4, 0.5) is 17.1 Å². The molecule has 0 radical (unpaired) electrons. The standard InChI is InChI=1S/C65H45N/c1-4-21-46(22-5-1)48-25-16-29-52(43-48)58-36-13-15-41-62(58)66(55-34-18-27-50(45-55)49-26-17-28-51(44-49)57-38-19-24-47-23-10-11-35-56(47)57)63-42-20-40-61-64(63)59-37-12-14-39-60(59)65(61,53-30-6-2-7-31-53)54-32-8-3-9-33-54/h1-45H. The maximum atomic E-state index is 2.52. The van der Waals surface area contributed by atoms with Crippen molar-refractivity contribution in [2.24, 2.45) is 0 Å². The molecule has 0 aromatic heterocycles. The molecule has 0 bridgehead atoms. The zero-order valence-corrected chi connectivity index (χ0v) is 36.4. The lowest BCUT2D eigenvalue weighted by Gasteiger charge is -2.34. The van der Waals surface area contributed by atoms with E-state index >= 15 is 0 Å². The van der Waals surface area contributed by atoms with Gasteiger partial charge in [-0.25, -0.2) is 0 Å². The SMILES string of the molecule is c1ccc(-c2cccc(-c3ccccc3N(c3cccc(-c4cccc(-c5cccc6ccccc56)c4)c3)c3cccc4c3-c3ccccc3C4(c3ccccc3)c3ccccc3)c2)cc1. The highest BCUT2D eigenvalue weighted by Crippen LogP contribution is 2.60. The summed E-state index contributed by atoms with van der Waals surface area (Å²) in [6.45, 7) is 0. The Kier molecular flexibility index (Phi) is 9.81. The Bertz CT molecular complexity index is 3490. The van der Waals surface area contributed by atoms with Crippen molar-refractivity contribution < 1.29 is 0 Å². The summed E-state index contributed by atoms with van der Waals surface area (Å²) in [5.41, 5.74) is 19.7. The number of benzene rings is 11. The molecular weight excluding hydrogens is 795 g/mol. The smallest absolute Gasteiger partial charge is 0.0714 e.